The molecule has 1 atom stereocenters. The molecule has 3 heteroatoms. The van der Waals surface area contributed by atoms with E-state index >= 15 is 0 Å². The van der Waals surface area contributed by atoms with Crippen LogP contribution in [0.5, 0.6) is 0 Å². The summed E-state index contributed by atoms with van der Waals surface area (Å²) in [6, 6.07) is 13.5. The molecule has 0 aliphatic heterocycles. The summed E-state index contributed by atoms with van der Waals surface area (Å²) in [5.41, 5.74) is 3.18. The highest BCUT2D eigenvalue weighted by atomic mass is 79.9. The lowest BCUT2D eigenvalue weighted by Gasteiger charge is -2.24. The van der Waals surface area contributed by atoms with Crippen LogP contribution >= 0.6 is 31.9 Å². The summed E-state index contributed by atoms with van der Waals surface area (Å²) >= 11 is 7.01. The van der Waals surface area contributed by atoms with Crippen LogP contribution in [0.2, 0.25) is 0 Å². The minimum absolute atomic E-state index is 0.145. The molecule has 0 spiro atoms. The number of benzene rings is 2. The first kappa shape index (κ1) is 16.7. The van der Waals surface area contributed by atoms with Crippen molar-refractivity contribution in [3.8, 4) is 0 Å². The Kier molecular flexibility index (Phi) is 5.26. The fraction of sp³-hybridized carbons (Fsp3) is 0.333. The van der Waals surface area contributed by atoms with E-state index in [-0.39, 0.29) is 16.1 Å². The van der Waals surface area contributed by atoms with Crippen LogP contribution < -0.4 is 0 Å². The lowest BCUT2D eigenvalue weighted by atomic mass is 9.82. The topological polar surface area (TPSA) is 0 Å². The van der Waals surface area contributed by atoms with Gasteiger partial charge in [0.25, 0.3) is 0 Å². The molecule has 0 aliphatic carbocycles. The van der Waals surface area contributed by atoms with E-state index in [1.54, 1.807) is 6.07 Å². The predicted molar refractivity (Wildman–Crippen MR) is 94.6 cm³/mol. The van der Waals surface area contributed by atoms with Crippen LogP contribution in [0.1, 0.15) is 48.7 Å². The minimum atomic E-state index is -0.196. The predicted octanol–water partition coefficient (Wildman–Crippen LogP) is 6.76. The van der Waals surface area contributed by atoms with E-state index in [0.29, 0.717) is 5.56 Å². The highest BCUT2D eigenvalue weighted by Gasteiger charge is 2.19. The van der Waals surface area contributed by atoms with Gasteiger partial charge in [-0.25, -0.2) is 4.39 Å². The third-order valence-electron chi connectivity index (χ3n) is 4.10. The molecular weight excluding hydrogens is 395 g/mol. The Bertz CT molecular complexity index is 618. The van der Waals surface area contributed by atoms with Gasteiger partial charge in [-0.15, -0.1) is 0 Å². The van der Waals surface area contributed by atoms with E-state index in [1.165, 1.54) is 11.6 Å². The summed E-state index contributed by atoms with van der Waals surface area (Å²) in [6.45, 7) is 6.67. The van der Waals surface area contributed by atoms with Crippen molar-refractivity contribution in [3.05, 3.63) is 69.4 Å². The van der Waals surface area contributed by atoms with Gasteiger partial charge in [-0.3, -0.25) is 0 Å². The molecule has 0 heterocycles. The summed E-state index contributed by atoms with van der Waals surface area (Å²) in [5, 5.41) is 0. The van der Waals surface area contributed by atoms with Gasteiger partial charge in [0.1, 0.15) is 5.82 Å². The molecule has 2 aromatic rings. The van der Waals surface area contributed by atoms with Gasteiger partial charge >= 0.3 is 0 Å². The van der Waals surface area contributed by atoms with Crippen molar-refractivity contribution in [1.29, 1.82) is 0 Å². The zero-order chi connectivity index (χ0) is 15.6. The van der Waals surface area contributed by atoms with Gasteiger partial charge in [-0.2, -0.15) is 0 Å². The molecule has 0 saturated carbocycles. The van der Waals surface area contributed by atoms with E-state index < -0.39 is 0 Å². The van der Waals surface area contributed by atoms with Crippen LogP contribution in [-0.2, 0) is 5.41 Å². The molecule has 2 rings (SSSR count). The van der Waals surface area contributed by atoms with Crippen LogP contribution in [0.4, 0.5) is 4.39 Å². The maximum Gasteiger partial charge on any atom is 0.127 e. The number of halogens is 3. The average Bonchev–Trinajstić information content (AvgIpc) is 2.49. The average molecular weight is 414 g/mol. The molecule has 21 heavy (non-hydrogen) atoms. The normalized spacial score (nSPS) is 13.2. The van der Waals surface area contributed by atoms with Gasteiger partial charge < -0.3 is 0 Å². The Morgan fingerprint density at radius 1 is 1.10 bits per heavy atom. The molecular formula is C18H19Br2F. The highest BCUT2D eigenvalue weighted by Crippen LogP contribution is 2.35. The van der Waals surface area contributed by atoms with Crippen LogP contribution in [0, 0.1) is 5.82 Å². The monoisotopic (exact) mass is 412 g/mol. The fourth-order valence-electron chi connectivity index (χ4n) is 2.20. The smallest absolute Gasteiger partial charge is 0.127 e. The molecule has 0 fully saturated rings. The van der Waals surface area contributed by atoms with E-state index in [0.717, 1.165) is 16.5 Å². The molecule has 0 nitrogen and oxygen atoms in total. The van der Waals surface area contributed by atoms with Gasteiger partial charge in [0.2, 0.25) is 0 Å². The van der Waals surface area contributed by atoms with Gasteiger partial charge in [0.15, 0.2) is 0 Å². The van der Waals surface area contributed by atoms with Crippen molar-refractivity contribution < 1.29 is 4.39 Å². The molecule has 0 bridgehead atoms. The molecule has 0 aliphatic rings. The standard InChI is InChI=1S/C18H19Br2F/c1-4-18(2,3)13-7-5-12(6-8-13)17(20)15-11-14(19)9-10-16(15)21/h5-11,17H,4H2,1-3H3. The van der Waals surface area contributed by atoms with Crippen LogP contribution in [0.15, 0.2) is 46.9 Å². The first-order valence-electron chi connectivity index (χ1n) is 7.04. The van der Waals surface area contributed by atoms with Gasteiger partial charge in [-0.1, -0.05) is 76.9 Å². The second-order valence-electron chi connectivity index (χ2n) is 5.89. The van der Waals surface area contributed by atoms with Crippen molar-refractivity contribution in [2.75, 3.05) is 0 Å². The molecule has 2 aromatic carbocycles. The van der Waals surface area contributed by atoms with E-state index in [2.05, 4.69) is 76.9 Å². The van der Waals surface area contributed by atoms with Gasteiger partial charge in [0, 0.05) is 10.0 Å². The summed E-state index contributed by atoms with van der Waals surface area (Å²) in [6.07, 6.45) is 1.09. The van der Waals surface area contributed by atoms with E-state index in [9.17, 15) is 4.39 Å². The van der Waals surface area contributed by atoms with Crippen LogP contribution in [0.3, 0.4) is 0 Å². The van der Waals surface area contributed by atoms with Gasteiger partial charge in [0.05, 0.1) is 4.83 Å². The summed E-state index contributed by atoms with van der Waals surface area (Å²) < 4.78 is 14.9. The number of rotatable bonds is 4. The third-order valence-corrected chi connectivity index (χ3v) is 5.61. The molecule has 1 unspecified atom stereocenters. The van der Waals surface area contributed by atoms with Gasteiger partial charge in [-0.05, 0) is 41.2 Å². The molecule has 0 N–H and O–H groups in total. The van der Waals surface area contributed by atoms with Crippen LogP contribution in [0.25, 0.3) is 0 Å². The second-order valence-corrected chi connectivity index (χ2v) is 7.72. The van der Waals surface area contributed by atoms with Crippen molar-refractivity contribution in [3.63, 3.8) is 0 Å². The van der Waals surface area contributed by atoms with Crippen molar-refractivity contribution >= 4 is 31.9 Å². The number of hydrogen-bond donors (Lipinski definition) is 0. The maximum absolute atomic E-state index is 14.0. The lowest BCUT2D eigenvalue weighted by Crippen LogP contribution is -2.15. The Labute approximate surface area is 143 Å². The maximum atomic E-state index is 14.0. The zero-order valence-electron chi connectivity index (χ0n) is 12.5. The lowest BCUT2D eigenvalue weighted by molar-refractivity contribution is 0.506. The second kappa shape index (κ2) is 6.62. The highest BCUT2D eigenvalue weighted by molar-refractivity contribution is 9.10. The zero-order valence-corrected chi connectivity index (χ0v) is 15.6. The summed E-state index contributed by atoms with van der Waals surface area (Å²) in [5.74, 6) is -0.196. The minimum Gasteiger partial charge on any atom is -0.207 e. The van der Waals surface area contributed by atoms with Crippen molar-refractivity contribution in [2.24, 2.45) is 0 Å². The third kappa shape index (κ3) is 3.75. The number of alkyl halides is 1. The van der Waals surface area contributed by atoms with Crippen molar-refractivity contribution in [1.82, 2.24) is 0 Å². The van der Waals surface area contributed by atoms with Crippen LogP contribution in [-0.4, -0.2) is 0 Å². The first-order chi connectivity index (χ1) is 9.85. The fourth-order valence-corrected chi connectivity index (χ4v) is 3.23. The summed E-state index contributed by atoms with van der Waals surface area (Å²) in [4.78, 5) is -0.145. The molecule has 0 aromatic heterocycles. The SMILES string of the molecule is CCC(C)(C)c1ccc(C(Br)c2cc(Br)ccc2F)cc1. The molecule has 112 valence electrons. The Morgan fingerprint density at radius 2 is 1.71 bits per heavy atom. The Balaban J connectivity index is 2.32. The van der Waals surface area contributed by atoms with E-state index in [4.69, 9.17) is 0 Å². The van der Waals surface area contributed by atoms with E-state index in [1.807, 2.05) is 6.07 Å². The Hall–Kier alpha value is -0.670. The quantitative estimate of drug-likeness (QED) is 0.485. The Morgan fingerprint density at radius 3 is 2.29 bits per heavy atom. The van der Waals surface area contributed by atoms with Crippen molar-refractivity contribution in [2.45, 2.75) is 37.4 Å². The largest absolute Gasteiger partial charge is 0.207 e. The molecule has 0 saturated heterocycles. The first-order valence-corrected chi connectivity index (χ1v) is 8.75. The molecule has 0 radical (unpaired) electrons. The molecule has 0 amide bonds. The number of hydrogen-bond acceptors (Lipinski definition) is 0. The summed E-state index contributed by atoms with van der Waals surface area (Å²) in [7, 11) is 0.